The van der Waals surface area contributed by atoms with Crippen molar-refractivity contribution in [3.05, 3.63) is 35.9 Å². The molecule has 0 radical (unpaired) electrons. The van der Waals surface area contributed by atoms with Crippen LogP contribution in [-0.2, 0) is 4.79 Å². The first-order valence-electron chi connectivity index (χ1n) is 7.81. The summed E-state index contributed by atoms with van der Waals surface area (Å²) in [6.45, 7) is 0.924. The van der Waals surface area contributed by atoms with Gasteiger partial charge in [-0.3, -0.25) is 9.69 Å². The highest BCUT2D eigenvalue weighted by Gasteiger charge is 2.39. The number of carboxylic acids is 1. The van der Waals surface area contributed by atoms with Crippen LogP contribution in [0.15, 0.2) is 30.3 Å². The lowest BCUT2D eigenvalue weighted by Gasteiger charge is -2.46. The van der Waals surface area contributed by atoms with Crippen LogP contribution in [0.1, 0.15) is 50.1 Å². The van der Waals surface area contributed by atoms with Crippen LogP contribution in [-0.4, -0.2) is 28.6 Å². The lowest BCUT2D eigenvalue weighted by Crippen LogP contribution is -2.50. The van der Waals surface area contributed by atoms with Crippen LogP contribution < -0.4 is 0 Å². The molecule has 1 aromatic carbocycles. The minimum atomic E-state index is -0.706. The molecule has 0 spiro atoms. The summed E-state index contributed by atoms with van der Waals surface area (Å²) < 4.78 is 0. The van der Waals surface area contributed by atoms with E-state index in [2.05, 4.69) is 4.90 Å². The molecular formula is C17H23NO2. The van der Waals surface area contributed by atoms with Crippen molar-refractivity contribution >= 4 is 5.97 Å². The van der Waals surface area contributed by atoms with Crippen LogP contribution in [0.3, 0.4) is 0 Å². The molecule has 0 aromatic heterocycles. The van der Waals surface area contributed by atoms with Crippen molar-refractivity contribution in [3.63, 3.8) is 0 Å². The third kappa shape index (κ3) is 2.59. The number of hydrogen-bond acceptors (Lipinski definition) is 2. The topological polar surface area (TPSA) is 40.5 Å². The number of aliphatic carboxylic acids is 1. The Morgan fingerprint density at radius 2 is 1.80 bits per heavy atom. The van der Waals surface area contributed by atoms with Gasteiger partial charge in [-0.15, -0.1) is 0 Å². The van der Waals surface area contributed by atoms with Gasteiger partial charge in [0.2, 0.25) is 0 Å². The molecule has 1 heterocycles. The van der Waals surface area contributed by atoms with Gasteiger partial charge in [-0.25, -0.2) is 0 Å². The summed E-state index contributed by atoms with van der Waals surface area (Å²) in [5, 5.41) is 9.73. The van der Waals surface area contributed by atoms with E-state index in [9.17, 15) is 9.90 Å². The highest BCUT2D eigenvalue weighted by Crippen LogP contribution is 2.39. The van der Waals surface area contributed by atoms with Gasteiger partial charge >= 0.3 is 5.97 Å². The smallest absolute Gasteiger partial charge is 0.325 e. The molecule has 3 atom stereocenters. The third-order valence-corrected chi connectivity index (χ3v) is 4.97. The molecule has 108 valence electrons. The quantitative estimate of drug-likeness (QED) is 0.916. The number of benzene rings is 1. The lowest BCUT2D eigenvalue weighted by atomic mass is 9.77. The fourth-order valence-electron chi connectivity index (χ4n) is 4.10. The van der Waals surface area contributed by atoms with Crippen LogP contribution in [0, 0.1) is 5.92 Å². The van der Waals surface area contributed by atoms with Crippen LogP contribution in [0.4, 0.5) is 0 Å². The third-order valence-electron chi connectivity index (χ3n) is 4.97. The minimum absolute atomic E-state index is 0.470. The van der Waals surface area contributed by atoms with Crippen molar-refractivity contribution in [1.82, 2.24) is 4.90 Å². The van der Waals surface area contributed by atoms with E-state index in [1.807, 2.05) is 30.3 Å². The zero-order valence-corrected chi connectivity index (χ0v) is 11.9. The minimum Gasteiger partial charge on any atom is -0.480 e. The van der Waals surface area contributed by atoms with Gasteiger partial charge in [0.05, 0.1) is 0 Å². The maximum atomic E-state index is 11.8. The van der Waals surface area contributed by atoms with Crippen molar-refractivity contribution < 1.29 is 9.90 Å². The first kappa shape index (κ1) is 13.6. The molecule has 3 heteroatoms. The molecule has 1 saturated carbocycles. The van der Waals surface area contributed by atoms with Crippen molar-refractivity contribution in [1.29, 1.82) is 0 Å². The van der Waals surface area contributed by atoms with E-state index in [0.29, 0.717) is 12.0 Å². The van der Waals surface area contributed by atoms with E-state index in [1.54, 1.807) is 0 Å². The number of hydrogen-bond donors (Lipinski definition) is 1. The molecule has 1 aliphatic heterocycles. The van der Waals surface area contributed by atoms with Crippen molar-refractivity contribution in [2.24, 2.45) is 5.92 Å². The Labute approximate surface area is 120 Å². The molecule has 0 bridgehead atoms. The molecule has 1 aliphatic carbocycles. The molecule has 2 fully saturated rings. The highest BCUT2D eigenvalue weighted by atomic mass is 16.4. The summed E-state index contributed by atoms with van der Waals surface area (Å²) in [6, 6.07) is 9.72. The van der Waals surface area contributed by atoms with Crippen molar-refractivity contribution in [3.8, 4) is 0 Å². The SMILES string of the molecule is O=C(O)C(c1ccccc1)N1CCCC2CCCCC21. The Morgan fingerprint density at radius 1 is 1.10 bits per heavy atom. The monoisotopic (exact) mass is 273 g/mol. The molecule has 1 saturated heterocycles. The summed E-state index contributed by atoms with van der Waals surface area (Å²) in [7, 11) is 0. The average molecular weight is 273 g/mol. The predicted molar refractivity (Wildman–Crippen MR) is 78.5 cm³/mol. The maximum Gasteiger partial charge on any atom is 0.325 e. The van der Waals surface area contributed by atoms with Gasteiger partial charge in [0.15, 0.2) is 0 Å². The number of carboxylic acid groups (broad SMARTS) is 1. The van der Waals surface area contributed by atoms with E-state index < -0.39 is 12.0 Å². The second-order valence-electron chi connectivity index (χ2n) is 6.14. The van der Waals surface area contributed by atoms with Crippen LogP contribution in [0.25, 0.3) is 0 Å². The number of fused-ring (bicyclic) bond motifs is 1. The Morgan fingerprint density at radius 3 is 2.55 bits per heavy atom. The van der Waals surface area contributed by atoms with Gasteiger partial charge in [0, 0.05) is 6.04 Å². The fourth-order valence-corrected chi connectivity index (χ4v) is 4.10. The zero-order valence-electron chi connectivity index (χ0n) is 11.9. The van der Waals surface area contributed by atoms with Crippen molar-refractivity contribution in [2.75, 3.05) is 6.54 Å². The summed E-state index contributed by atoms with van der Waals surface area (Å²) in [5.74, 6) is 0.00508. The van der Waals surface area contributed by atoms with Gasteiger partial charge in [-0.05, 0) is 43.7 Å². The van der Waals surface area contributed by atoms with Gasteiger partial charge in [-0.1, -0.05) is 43.2 Å². The Balaban J connectivity index is 1.88. The van der Waals surface area contributed by atoms with Gasteiger partial charge < -0.3 is 5.11 Å². The summed E-state index contributed by atoms with van der Waals surface area (Å²) in [5.41, 5.74) is 0.922. The van der Waals surface area contributed by atoms with E-state index in [1.165, 1.54) is 32.1 Å². The molecule has 3 rings (SSSR count). The predicted octanol–water partition coefficient (Wildman–Crippen LogP) is 3.47. The number of nitrogens with zero attached hydrogens (tertiary/aromatic N) is 1. The van der Waals surface area contributed by atoms with E-state index in [0.717, 1.165) is 18.5 Å². The summed E-state index contributed by atoms with van der Waals surface area (Å²) >= 11 is 0. The number of likely N-dealkylation sites (tertiary alicyclic amines) is 1. The molecule has 3 nitrogen and oxygen atoms in total. The first-order chi connectivity index (χ1) is 9.77. The maximum absolute atomic E-state index is 11.8. The second kappa shape index (κ2) is 5.96. The summed E-state index contributed by atoms with van der Waals surface area (Å²) in [4.78, 5) is 14.1. The van der Waals surface area contributed by atoms with Crippen LogP contribution in [0.5, 0.6) is 0 Å². The number of piperidine rings is 1. The highest BCUT2D eigenvalue weighted by molar-refractivity contribution is 5.75. The largest absolute Gasteiger partial charge is 0.480 e. The van der Waals surface area contributed by atoms with Gasteiger partial charge in [-0.2, -0.15) is 0 Å². The van der Waals surface area contributed by atoms with Crippen LogP contribution >= 0.6 is 0 Å². The van der Waals surface area contributed by atoms with E-state index in [-0.39, 0.29) is 0 Å². The lowest BCUT2D eigenvalue weighted by molar-refractivity contribution is -0.146. The zero-order chi connectivity index (χ0) is 13.9. The van der Waals surface area contributed by atoms with E-state index in [4.69, 9.17) is 0 Å². The Bertz CT molecular complexity index is 457. The van der Waals surface area contributed by atoms with Crippen LogP contribution in [0.2, 0.25) is 0 Å². The Hall–Kier alpha value is -1.35. The number of carbonyl (C=O) groups is 1. The van der Waals surface area contributed by atoms with Crippen molar-refractivity contribution in [2.45, 2.75) is 50.6 Å². The second-order valence-corrected chi connectivity index (χ2v) is 6.14. The fraction of sp³-hybridized carbons (Fsp3) is 0.588. The molecule has 20 heavy (non-hydrogen) atoms. The summed E-state index contributed by atoms with van der Waals surface area (Å²) in [6.07, 6.45) is 7.43. The molecule has 0 amide bonds. The Kier molecular flexibility index (Phi) is 4.06. The molecule has 1 N–H and O–H groups in total. The van der Waals surface area contributed by atoms with Gasteiger partial charge in [0.25, 0.3) is 0 Å². The molecule has 3 unspecified atom stereocenters. The van der Waals surface area contributed by atoms with E-state index >= 15 is 0 Å². The van der Waals surface area contributed by atoms with Gasteiger partial charge in [0.1, 0.15) is 6.04 Å². The molecule has 1 aromatic rings. The molecular weight excluding hydrogens is 250 g/mol. The normalized spacial score (nSPS) is 28.6. The number of rotatable bonds is 3. The first-order valence-corrected chi connectivity index (χ1v) is 7.81. The standard InChI is InChI=1S/C17H23NO2/c19-17(20)16(14-8-2-1-3-9-14)18-12-6-10-13-7-4-5-11-15(13)18/h1-3,8-9,13,15-16H,4-7,10-12H2,(H,19,20). The molecule has 2 aliphatic rings. The average Bonchev–Trinajstić information content (AvgIpc) is 2.48.